The van der Waals surface area contributed by atoms with Crippen molar-refractivity contribution < 1.29 is 18.6 Å². The Bertz CT molecular complexity index is 408. The average molecular weight is 269 g/mol. The highest BCUT2D eigenvalue weighted by Gasteiger charge is 2.21. The molecule has 19 heavy (non-hydrogen) atoms. The van der Waals surface area contributed by atoms with Gasteiger partial charge in [-0.05, 0) is 31.2 Å². The Labute approximate surface area is 112 Å². The van der Waals surface area contributed by atoms with Crippen molar-refractivity contribution in [3.63, 3.8) is 0 Å². The summed E-state index contributed by atoms with van der Waals surface area (Å²) < 4.78 is 29.4. The van der Waals surface area contributed by atoms with E-state index < -0.39 is 0 Å². The standard InChI is InChI=1S/C14H20FNO3/c1-16-11(9-14-18-5-6-19-14)7-10-3-4-13(17-2)12(15)8-10/h3-4,8,11,14,16H,5-7,9H2,1-2H3. The lowest BCUT2D eigenvalue weighted by atomic mass is 10.0. The summed E-state index contributed by atoms with van der Waals surface area (Å²) in [6, 6.07) is 5.23. The molecule has 106 valence electrons. The Morgan fingerprint density at radius 1 is 1.42 bits per heavy atom. The largest absolute Gasteiger partial charge is 0.494 e. The number of likely N-dealkylation sites (N-methyl/N-ethyl adjacent to an activating group) is 1. The molecule has 0 radical (unpaired) electrons. The van der Waals surface area contributed by atoms with E-state index in [1.165, 1.54) is 13.2 Å². The van der Waals surface area contributed by atoms with Crippen LogP contribution in [0.5, 0.6) is 5.75 Å². The number of methoxy groups -OCH3 is 1. The van der Waals surface area contributed by atoms with E-state index in [2.05, 4.69) is 5.32 Å². The summed E-state index contributed by atoms with van der Waals surface area (Å²) in [5.74, 6) is -0.0598. The van der Waals surface area contributed by atoms with Crippen LogP contribution < -0.4 is 10.1 Å². The normalized spacial score (nSPS) is 17.6. The quantitative estimate of drug-likeness (QED) is 0.853. The van der Waals surface area contributed by atoms with Crippen LogP contribution in [-0.2, 0) is 15.9 Å². The summed E-state index contributed by atoms with van der Waals surface area (Å²) in [7, 11) is 3.35. The van der Waals surface area contributed by atoms with Gasteiger partial charge in [-0.15, -0.1) is 0 Å². The maximum atomic E-state index is 13.6. The minimum absolute atomic E-state index is 0.152. The average Bonchev–Trinajstić information content (AvgIpc) is 2.91. The molecular formula is C14H20FNO3. The van der Waals surface area contributed by atoms with Crippen molar-refractivity contribution in [3.8, 4) is 5.75 Å². The number of halogens is 1. The highest BCUT2D eigenvalue weighted by Crippen LogP contribution is 2.20. The first-order valence-electron chi connectivity index (χ1n) is 6.46. The first-order valence-corrected chi connectivity index (χ1v) is 6.46. The molecule has 0 amide bonds. The zero-order chi connectivity index (χ0) is 13.7. The Hall–Kier alpha value is -1.17. The first kappa shape index (κ1) is 14.2. The van der Waals surface area contributed by atoms with Crippen LogP contribution in [0.25, 0.3) is 0 Å². The van der Waals surface area contributed by atoms with E-state index in [1.807, 2.05) is 13.1 Å². The Kier molecular flexibility index (Phi) is 5.13. The Balaban J connectivity index is 1.95. The van der Waals surface area contributed by atoms with Gasteiger partial charge in [0.2, 0.25) is 0 Å². The highest BCUT2D eigenvalue weighted by atomic mass is 19.1. The topological polar surface area (TPSA) is 39.7 Å². The van der Waals surface area contributed by atoms with Crippen LogP contribution in [0.2, 0.25) is 0 Å². The molecular weight excluding hydrogens is 249 g/mol. The molecule has 1 fully saturated rings. The molecule has 2 rings (SSSR count). The van der Waals surface area contributed by atoms with Gasteiger partial charge in [-0.2, -0.15) is 0 Å². The molecule has 1 aromatic rings. The minimum Gasteiger partial charge on any atom is -0.494 e. The zero-order valence-corrected chi connectivity index (χ0v) is 11.3. The van der Waals surface area contributed by atoms with Gasteiger partial charge in [-0.3, -0.25) is 0 Å². The van der Waals surface area contributed by atoms with Crippen molar-refractivity contribution in [2.45, 2.75) is 25.2 Å². The second-order valence-electron chi connectivity index (χ2n) is 4.57. The smallest absolute Gasteiger partial charge is 0.165 e. The van der Waals surface area contributed by atoms with Crippen molar-refractivity contribution in [1.82, 2.24) is 5.32 Å². The molecule has 0 spiro atoms. The lowest BCUT2D eigenvalue weighted by molar-refractivity contribution is -0.0522. The summed E-state index contributed by atoms with van der Waals surface area (Å²) in [5.41, 5.74) is 0.927. The van der Waals surface area contributed by atoms with E-state index in [1.54, 1.807) is 6.07 Å². The van der Waals surface area contributed by atoms with Crippen LogP contribution in [0.4, 0.5) is 4.39 Å². The molecule has 1 aliphatic rings. The van der Waals surface area contributed by atoms with Gasteiger partial charge in [0.05, 0.1) is 20.3 Å². The molecule has 1 aliphatic heterocycles. The molecule has 1 atom stereocenters. The summed E-state index contributed by atoms with van der Waals surface area (Å²) in [6.45, 7) is 1.30. The number of ether oxygens (including phenoxy) is 3. The summed E-state index contributed by atoms with van der Waals surface area (Å²) in [5, 5.41) is 3.21. The fourth-order valence-corrected chi connectivity index (χ4v) is 2.20. The van der Waals surface area contributed by atoms with Crippen molar-refractivity contribution in [3.05, 3.63) is 29.6 Å². The molecule has 1 unspecified atom stereocenters. The van der Waals surface area contributed by atoms with E-state index in [0.717, 1.165) is 18.4 Å². The Morgan fingerprint density at radius 2 is 2.16 bits per heavy atom. The van der Waals surface area contributed by atoms with Crippen LogP contribution in [0.1, 0.15) is 12.0 Å². The van der Waals surface area contributed by atoms with Gasteiger partial charge in [0.25, 0.3) is 0 Å². The van der Waals surface area contributed by atoms with Crippen molar-refractivity contribution in [2.75, 3.05) is 27.4 Å². The van der Waals surface area contributed by atoms with Gasteiger partial charge in [-0.1, -0.05) is 6.07 Å². The summed E-state index contributed by atoms with van der Waals surface area (Å²) in [4.78, 5) is 0. The molecule has 0 aromatic heterocycles. The first-order chi connectivity index (χ1) is 9.22. The van der Waals surface area contributed by atoms with Gasteiger partial charge < -0.3 is 19.5 Å². The third-order valence-electron chi connectivity index (χ3n) is 3.27. The number of hydrogen-bond acceptors (Lipinski definition) is 4. The van der Waals surface area contributed by atoms with Gasteiger partial charge in [0, 0.05) is 12.5 Å². The fraction of sp³-hybridized carbons (Fsp3) is 0.571. The molecule has 0 saturated carbocycles. The van der Waals surface area contributed by atoms with Gasteiger partial charge in [-0.25, -0.2) is 4.39 Å². The number of nitrogens with one attached hydrogen (secondary N) is 1. The molecule has 1 heterocycles. The predicted molar refractivity (Wildman–Crippen MR) is 69.8 cm³/mol. The third-order valence-corrected chi connectivity index (χ3v) is 3.27. The van der Waals surface area contributed by atoms with Crippen molar-refractivity contribution >= 4 is 0 Å². The molecule has 1 saturated heterocycles. The van der Waals surface area contributed by atoms with E-state index in [4.69, 9.17) is 14.2 Å². The fourth-order valence-electron chi connectivity index (χ4n) is 2.20. The summed E-state index contributed by atoms with van der Waals surface area (Å²) >= 11 is 0. The Morgan fingerprint density at radius 3 is 2.74 bits per heavy atom. The minimum atomic E-state index is -0.330. The molecule has 4 nitrogen and oxygen atoms in total. The van der Waals surface area contributed by atoms with E-state index in [-0.39, 0.29) is 23.9 Å². The number of rotatable bonds is 6. The van der Waals surface area contributed by atoms with Gasteiger partial charge >= 0.3 is 0 Å². The molecule has 1 N–H and O–H groups in total. The van der Waals surface area contributed by atoms with Crippen LogP contribution >= 0.6 is 0 Å². The van der Waals surface area contributed by atoms with Crippen LogP contribution in [0.15, 0.2) is 18.2 Å². The second kappa shape index (κ2) is 6.84. The third kappa shape index (κ3) is 3.89. The maximum Gasteiger partial charge on any atom is 0.165 e. The number of hydrogen-bond donors (Lipinski definition) is 1. The SMILES string of the molecule is CNC(Cc1ccc(OC)c(F)c1)CC1OCCO1. The van der Waals surface area contributed by atoms with Crippen molar-refractivity contribution in [2.24, 2.45) is 0 Å². The van der Waals surface area contributed by atoms with Crippen LogP contribution in [-0.4, -0.2) is 39.7 Å². The van der Waals surface area contributed by atoms with Crippen LogP contribution in [0, 0.1) is 5.82 Å². The number of benzene rings is 1. The van der Waals surface area contributed by atoms with E-state index in [9.17, 15) is 4.39 Å². The lowest BCUT2D eigenvalue weighted by Crippen LogP contribution is -2.32. The predicted octanol–water partition coefficient (Wildman–Crippen LogP) is 1.73. The molecule has 1 aromatic carbocycles. The second-order valence-corrected chi connectivity index (χ2v) is 4.57. The lowest BCUT2D eigenvalue weighted by Gasteiger charge is -2.19. The van der Waals surface area contributed by atoms with Crippen molar-refractivity contribution in [1.29, 1.82) is 0 Å². The molecule has 5 heteroatoms. The van der Waals surface area contributed by atoms with Gasteiger partial charge in [0.15, 0.2) is 17.9 Å². The maximum absolute atomic E-state index is 13.6. The summed E-state index contributed by atoms with van der Waals surface area (Å²) in [6.07, 6.45) is 1.32. The van der Waals surface area contributed by atoms with E-state index in [0.29, 0.717) is 13.2 Å². The molecule has 0 aliphatic carbocycles. The van der Waals surface area contributed by atoms with Gasteiger partial charge in [0.1, 0.15) is 0 Å². The zero-order valence-electron chi connectivity index (χ0n) is 11.3. The van der Waals surface area contributed by atoms with E-state index >= 15 is 0 Å². The monoisotopic (exact) mass is 269 g/mol. The highest BCUT2D eigenvalue weighted by molar-refractivity contribution is 5.29. The van der Waals surface area contributed by atoms with Crippen LogP contribution in [0.3, 0.4) is 0 Å². The molecule has 0 bridgehead atoms.